The van der Waals surface area contributed by atoms with Crippen LogP contribution in [-0.4, -0.2) is 88.4 Å². The van der Waals surface area contributed by atoms with Crippen molar-refractivity contribution < 1.29 is 4.74 Å². The standard InChI is InChI=1S/C23H39N5O.HI/c1-4-24-23(26(3)18-21-9-16-29-19-21)25-10-6-11-27-12-14-28(15-13-27)22-8-5-7-20(2)17-22;/h5,7-8,17,21H,4,6,9-16,18-19H2,1-3H3,(H,24,25);1H. The third-order valence-corrected chi connectivity index (χ3v) is 5.89. The molecule has 2 saturated heterocycles. The van der Waals surface area contributed by atoms with Crippen LogP contribution in [0.1, 0.15) is 25.3 Å². The van der Waals surface area contributed by atoms with Gasteiger partial charge in [0, 0.05) is 77.6 Å². The first-order chi connectivity index (χ1) is 14.2. The Labute approximate surface area is 200 Å². The molecular formula is C23H40IN5O. The van der Waals surface area contributed by atoms with E-state index < -0.39 is 0 Å². The molecule has 1 aromatic rings. The van der Waals surface area contributed by atoms with E-state index in [-0.39, 0.29) is 24.0 Å². The quantitative estimate of drug-likeness (QED) is 0.243. The highest BCUT2D eigenvalue weighted by Gasteiger charge is 2.19. The highest BCUT2D eigenvalue weighted by Crippen LogP contribution is 2.18. The van der Waals surface area contributed by atoms with E-state index in [1.165, 1.54) is 11.3 Å². The van der Waals surface area contributed by atoms with E-state index in [0.29, 0.717) is 5.92 Å². The fraction of sp³-hybridized carbons (Fsp3) is 0.696. The number of halogens is 1. The number of aliphatic imine (C=N–C) groups is 1. The lowest BCUT2D eigenvalue weighted by molar-refractivity contribution is 0.181. The van der Waals surface area contributed by atoms with Crippen LogP contribution in [0.2, 0.25) is 0 Å². The third-order valence-electron chi connectivity index (χ3n) is 5.89. The van der Waals surface area contributed by atoms with Crippen molar-refractivity contribution in [2.45, 2.75) is 26.7 Å². The van der Waals surface area contributed by atoms with Crippen molar-refractivity contribution in [3.8, 4) is 0 Å². The average Bonchev–Trinajstić information content (AvgIpc) is 3.24. The average molecular weight is 530 g/mol. The van der Waals surface area contributed by atoms with Crippen LogP contribution in [0, 0.1) is 12.8 Å². The molecule has 2 aliphatic rings. The molecule has 0 aliphatic carbocycles. The van der Waals surface area contributed by atoms with Crippen LogP contribution in [0.3, 0.4) is 0 Å². The Morgan fingerprint density at radius 1 is 1.27 bits per heavy atom. The minimum absolute atomic E-state index is 0. The molecule has 0 radical (unpaired) electrons. The number of guanidine groups is 1. The second kappa shape index (κ2) is 13.4. The highest BCUT2D eigenvalue weighted by atomic mass is 127. The van der Waals surface area contributed by atoms with E-state index in [1.807, 2.05) is 0 Å². The third kappa shape index (κ3) is 7.89. The van der Waals surface area contributed by atoms with E-state index >= 15 is 0 Å². The molecule has 2 aliphatic heterocycles. The minimum atomic E-state index is 0. The highest BCUT2D eigenvalue weighted by molar-refractivity contribution is 14.0. The summed E-state index contributed by atoms with van der Waals surface area (Å²) >= 11 is 0. The Hall–Kier alpha value is -1.06. The number of nitrogens with zero attached hydrogens (tertiary/aromatic N) is 4. The summed E-state index contributed by atoms with van der Waals surface area (Å²) in [6, 6.07) is 8.85. The first-order valence-electron chi connectivity index (χ1n) is 11.3. The van der Waals surface area contributed by atoms with E-state index in [9.17, 15) is 0 Å². The Morgan fingerprint density at radius 3 is 2.73 bits per heavy atom. The first kappa shape index (κ1) is 25.2. The summed E-state index contributed by atoms with van der Waals surface area (Å²) in [4.78, 5) is 12.2. The van der Waals surface area contributed by atoms with Gasteiger partial charge >= 0.3 is 0 Å². The lowest BCUT2D eigenvalue weighted by Gasteiger charge is -2.36. The number of hydrogen-bond donors (Lipinski definition) is 1. The molecule has 0 amide bonds. The van der Waals surface area contributed by atoms with Crippen LogP contribution in [0.4, 0.5) is 5.69 Å². The summed E-state index contributed by atoms with van der Waals surface area (Å²) in [5, 5.41) is 3.44. The van der Waals surface area contributed by atoms with Gasteiger partial charge in [0.25, 0.3) is 0 Å². The van der Waals surface area contributed by atoms with Gasteiger partial charge in [0.1, 0.15) is 0 Å². The van der Waals surface area contributed by atoms with E-state index in [2.05, 4.69) is 65.2 Å². The smallest absolute Gasteiger partial charge is 0.193 e. The van der Waals surface area contributed by atoms with Crippen LogP contribution < -0.4 is 10.2 Å². The summed E-state index contributed by atoms with van der Waals surface area (Å²) < 4.78 is 5.51. The molecule has 7 heteroatoms. The second-order valence-corrected chi connectivity index (χ2v) is 8.37. The number of ether oxygens (including phenoxy) is 1. The summed E-state index contributed by atoms with van der Waals surface area (Å²) in [6.45, 7) is 14.5. The molecule has 1 unspecified atom stereocenters. The van der Waals surface area contributed by atoms with Crippen molar-refractivity contribution >= 4 is 35.6 Å². The molecule has 3 rings (SSSR count). The number of anilines is 1. The summed E-state index contributed by atoms with van der Waals surface area (Å²) in [6.07, 6.45) is 2.28. The zero-order valence-corrected chi connectivity index (χ0v) is 21.3. The lowest BCUT2D eigenvalue weighted by atomic mass is 10.1. The molecule has 0 saturated carbocycles. The van der Waals surface area contributed by atoms with Crippen molar-refractivity contribution in [3.05, 3.63) is 29.8 Å². The molecule has 0 spiro atoms. The number of benzene rings is 1. The zero-order valence-electron chi connectivity index (χ0n) is 19.0. The maximum Gasteiger partial charge on any atom is 0.193 e. The van der Waals surface area contributed by atoms with Gasteiger partial charge in [0.15, 0.2) is 5.96 Å². The Balaban J connectivity index is 0.00000320. The molecule has 30 heavy (non-hydrogen) atoms. The largest absolute Gasteiger partial charge is 0.381 e. The molecule has 2 fully saturated rings. The van der Waals surface area contributed by atoms with Crippen molar-refractivity contribution in [3.63, 3.8) is 0 Å². The maximum absolute atomic E-state index is 5.51. The predicted molar refractivity (Wildman–Crippen MR) is 137 cm³/mol. The number of rotatable bonds is 8. The van der Waals surface area contributed by atoms with Gasteiger partial charge in [-0.2, -0.15) is 0 Å². The second-order valence-electron chi connectivity index (χ2n) is 8.37. The van der Waals surface area contributed by atoms with E-state index in [1.54, 1.807) is 0 Å². The number of hydrogen-bond acceptors (Lipinski definition) is 4. The van der Waals surface area contributed by atoms with Gasteiger partial charge in [-0.05, 0) is 44.4 Å². The van der Waals surface area contributed by atoms with Crippen LogP contribution >= 0.6 is 24.0 Å². The first-order valence-corrected chi connectivity index (χ1v) is 11.3. The lowest BCUT2D eigenvalue weighted by Crippen LogP contribution is -2.46. The topological polar surface area (TPSA) is 43.3 Å². The monoisotopic (exact) mass is 529 g/mol. The number of aryl methyl sites for hydroxylation is 1. The number of piperazine rings is 1. The normalized spacial score (nSPS) is 20.2. The molecular weight excluding hydrogens is 489 g/mol. The molecule has 1 aromatic carbocycles. The van der Waals surface area contributed by atoms with Crippen molar-refractivity contribution in [1.82, 2.24) is 15.1 Å². The van der Waals surface area contributed by atoms with Crippen LogP contribution in [0.15, 0.2) is 29.3 Å². The fourth-order valence-electron chi connectivity index (χ4n) is 4.20. The molecule has 0 aromatic heterocycles. The van der Waals surface area contributed by atoms with Gasteiger partial charge in [-0.15, -0.1) is 24.0 Å². The minimum Gasteiger partial charge on any atom is -0.381 e. The predicted octanol–water partition coefficient (Wildman–Crippen LogP) is 3.06. The molecule has 1 atom stereocenters. The van der Waals surface area contributed by atoms with Crippen LogP contribution in [-0.2, 0) is 4.74 Å². The Kier molecular flexibility index (Phi) is 11.2. The Bertz CT molecular complexity index is 642. The van der Waals surface area contributed by atoms with Crippen molar-refractivity contribution in [1.29, 1.82) is 0 Å². The van der Waals surface area contributed by atoms with Crippen LogP contribution in [0.25, 0.3) is 0 Å². The molecule has 6 nitrogen and oxygen atoms in total. The van der Waals surface area contributed by atoms with E-state index in [0.717, 1.165) is 84.4 Å². The van der Waals surface area contributed by atoms with Crippen molar-refractivity contribution in [2.24, 2.45) is 10.9 Å². The molecule has 2 heterocycles. The molecule has 170 valence electrons. The van der Waals surface area contributed by atoms with Gasteiger partial charge in [0.05, 0.1) is 6.61 Å². The van der Waals surface area contributed by atoms with Crippen LogP contribution in [0.5, 0.6) is 0 Å². The summed E-state index contributed by atoms with van der Waals surface area (Å²) in [5.41, 5.74) is 2.70. The zero-order chi connectivity index (χ0) is 20.5. The van der Waals surface area contributed by atoms with Gasteiger partial charge in [0.2, 0.25) is 0 Å². The summed E-state index contributed by atoms with van der Waals surface area (Å²) in [5.74, 6) is 1.66. The Morgan fingerprint density at radius 2 is 2.07 bits per heavy atom. The van der Waals surface area contributed by atoms with Gasteiger partial charge in [-0.25, -0.2) is 0 Å². The van der Waals surface area contributed by atoms with Gasteiger partial charge in [-0.3, -0.25) is 9.89 Å². The van der Waals surface area contributed by atoms with E-state index in [4.69, 9.17) is 9.73 Å². The molecule has 0 bridgehead atoms. The van der Waals surface area contributed by atoms with Gasteiger partial charge in [-0.1, -0.05) is 12.1 Å². The van der Waals surface area contributed by atoms with Crippen molar-refractivity contribution in [2.75, 3.05) is 77.5 Å². The summed E-state index contributed by atoms with van der Waals surface area (Å²) in [7, 11) is 2.14. The SMILES string of the molecule is CCNC(=NCCCN1CCN(c2cccc(C)c2)CC1)N(C)CC1CCOC1.I. The fourth-order valence-corrected chi connectivity index (χ4v) is 4.20. The van der Waals surface area contributed by atoms with Gasteiger partial charge < -0.3 is 19.9 Å². The molecule has 1 N–H and O–H groups in total. The maximum atomic E-state index is 5.51. The number of nitrogens with one attached hydrogen (secondary N) is 1.